The minimum atomic E-state index is -1.28. The van der Waals surface area contributed by atoms with Gasteiger partial charge in [-0.3, -0.25) is 4.79 Å². The standard InChI is InChI=1S/C22H21Cl2NO5/c1-22(2)13-5-10(30-9-18(28)17(27)8-26)3-4-11(13)20(29)19-12-6-14(23)15(24)7-16(12)25-21(19)22/h3-7,17-18,25-28H,8-9H2,1-2H3/t17-,18-/m1/s1. The van der Waals surface area contributed by atoms with Crippen molar-refractivity contribution < 1.29 is 24.9 Å². The van der Waals surface area contributed by atoms with Crippen LogP contribution in [0.5, 0.6) is 5.75 Å². The first-order valence-electron chi connectivity index (χ1n) is 9.45. The second kappa shape index (κ2) is 7.55. The molecule has 0 radical (unpaired) electrons. The van der Waals surface area contributed by atoms with Gasteiger partial charge in [0.2, 0.25) is 0 Å². The van der Waals surface area contributed by atoms with E-state index in [1.54, 1.807) is 30.3 Å². The van der Waals surface area contributed by atoms with E-state index in [9.17, 15) is 15.0 Å². The molecule has 4 N–H and O–H groups in total. The van der Waals surface area contributed by atoms with Crippen molar-refractivity contribution in [3.63, 3.8) is 0 Å². The van der Waals surface area contributed by atoms with Crippen LogP contribution < -0.4 is 4.74 Å². The third kappa shape index (κ3) is 3.29. The number of aromatic amines is 1. The molecule has 6 nitrogen and oxygen atoms in total. The summed E-state index contributed by atoms with van der Waals surface area (Å²) in [5.41, 5.74) is 2.87. The van der Waals surface area contributed by atoms with Crippen LogP contribution in [-0.4, -0.2) is 51.5 Å². The van der Waals surface area contributed by atoms with Gasteiger partial charge >= 0.3 is 0 Å². The van der Waals surface area contributed by atoms with Crippen LogP contribution in [0.2, 0.25) is 10.0 Å². The van der Waals surface area contributed by atoms with Crippen LogP contribution in [0.15, 0.2) is 30.3 Å². The number of ether oxygens (including phenoxy) is 1. The molecule has 0 unspecified atom stereocenters. The summed E-state index contributed by atoms with van der Waals surface area (Å²) < 4.78 is 5.59. The number of fused-ring (bicyclic) bond motifs is 4. The second-order valence-electron chi connectivity index (χ2n) is 7.98. The lowest BCUT2D eigenvalue weighted by molar-refractivity contribution is -0.0339. The zero-order chi connectivity index (χ0) is 21.8. The molecule has 3 aromatic rings. The molecule has 0 bridgehead atoms. The van der Waals surface area contributed by atoms with Gasteiger partial charge in [0.1, 0.15) is 24.6 Å². The van der Waals surface area contributed by atoms with Gasteiger partial charge in [0.15, 0.2) is 5.78 Å². The quantitative estimate of drug-likeness (QED) is 0.477. The van der Waals surface area contributed by atoms with Crippen molar-refractivity contribution in [3.05, 3.63) is 62.8 Å². The third-order valence-electron chi connectivity index (χ3n) is 5.65. The van der Waals surface area contributed by atoms with E-state index in [0.717, 1.165) is 22.2 Å². The first kappa shape index (κ1) is 21.2. The van der Waals surface area contributed by atoms with Crippen molar-refractivity contribution in [2.45, 2.75) is 31.5 Å². The van der Waals surface area contributed by atoms with Gasteiger partial charge in [-0.25, -0.2) is 0 Å². The lowest BCUT2D eigenvalue weighted by atomic mass is 9.71. The highest BCUT2D eigenvalue weighted by molar-refractivity contribution is 6.43. The van der Waals surface area contributed by atoms with Crippen LogP contribution in [-0.2, 0) is 5.41 Å². The Morgan fingerprint density at radius 1 is 1.10 bits per heavy atom. The number of aliphatic hydroxyl groups is 3. The van der Waals surface area contributed by atoms with Gasteiger partial charge < -0.3 is 25.0 Å². The van der Waals surface area contributed by atoms with Crippen molar-refractivity contribution >= 4 is 39.9 Å². The van der Waals surface area contributed by atoms with E-state index >= 15 is 0 Å². The van der Waals surface area contributed by atoms with Gasteiger partial charge in [-0.05, 0) is 35.9 Å². The molecule has 1 aromatic heterocycles. The maximum absolute atomic E-state index is 13.3. The summed E-state index contributed by atoms with van der Waals surface area (Å²) >= 11 is 12.3. The van der Waals surface area contributed by atoms with Crippen molar-refractivity contribution in [2.24, 2.45) is 0 Å². The highest BCUT2D eigenvalue weighted by Crippen LogP contribution is 2.45. The first-order valence-corrected chi connectivity index (χ1v) is 10.2. The van der Waals surface area contributed by atoms with E-state index < -0.39 is 24.2 Å². The molecule has 1 heterocycles. The molecule has 2 aromatic carbocycles. The maximum Gasteiger partial charge on any atom is 0.195 e. The molecule has 0 spiro atoms. The van der Waals surface area contributed by atoms with Crippen LogP contribution >= 0.6 is 23.2 Å². The van der Waals surface area contributed by atoms with Crippen molar-refractivity contribution in [1.29, 1.82) is 0 Å². The van der Waals surface area contributed by atoms with Crippen LogP contribution in [0, 0.1) is 0 Å². The number of hydrogen-bond donors (Lipinski definition) is 4. The third-order valence-corrected chi connectivity index (χ3v) is 6.37. The Morgan fingerprint density at radius 2 is 1.80 bits per heavy atom. The summed E-state index contributed by atoms with van der Waals surface area (Å²) in [6.07, 6.45) is -2.51. The van der Waals surface area contributed by atoms with E-state index in [2.05, 4.69) is 4.98 Å². The molecule has 2 atom stereocenters. The van der Waals surface area contributed by atoms with E-state index in [4.69, 9.17) is 33.0 Å². The van der Waals surface area contributed by atoms with E-state index in [-0.39, 0.29) is 12.4 Å². The van der Waals surface area contributed by atoms with Gasteiger partial charge in [0.05, 0.1) is 22.2 Å². The lowest BCUT2D eigenvalue weighted by Gasteiger charge is -2.32. The largest absolute Gasteiger partial charge is 0.491 e. The molecular weight excluding hydrogens is 429 g/mol. The molecular formula is C22H21Cl2NO5. The zero-order valence-corrected chi connectivity index (χ0v) is 17.9. The van der Waals surface area contributed by atoms with E-state index in [1.807, 2.05) is 13.8 Å². The first-order chi connectivity index (χ1) is 14.1. The van der Waals surface area contributed by atoms with Gasteiger partial charge in [-0.1, -0.05) is 37.0 Å². The molecule has 0 fully saturated rings. The fourth-order valence-corrected chi connectivity index (χ4v) is 4.23. The van der Waals surface area contributed by atoms with Crippen molar-refractivity contribution in [1.82, 2.24) is 4.98 Å². The normalized spacial score (nSPS) is 16.8. The molecule has 158 valence electrons. The summed E-state index contributed by atoms with van der Waals surface area (Å²) in [6.45, 7) is 3.25. The number of H-pyrrole nitrogens is 1. The number of benzene rings is 2. The highest BCUT2D eigenvalue weighted by atomic mass is 35.5. The molecule has 0 saturated carbocycles. The predicted octanol–water partition coefficient (Wildman–Crippen LogP) is 3.44. The number of aromatic nitrogens is 1. The molecule has 8 heteroatoms. The Kier molecular flexibility index (Phi) is 5.33. The number of hydrogen-bond acceptors (Lipinski definition) is 5. The average Bonchev–Trinajstić information content (AvgIpc) is 3.09. The van der Waals surface area contributed by atoms with Crippen molar-refractivity contribution in [3.8, 4) is 5.75 Å². The summed E-state index contributed by atoms with van der Waals surface area (Å²) in [5, 5.41) is 29.7. The maximum atomic E-state index is 13.3. The number of carbonyl (C=O) groups is 1. The zero-order valence-electron chi connectivity index (χ0n) is 16.4. The SMILES string of the molecule is CC1(C)c2cc(OC[C@@H](O)[C@H](O)CO)ccc2C(=O)c2c1[nH]c1cc(Cl)c(Cl)cc21. The van der Waals surface area contributed by atoms with Crippen molar-refractivity contribution in [2.75, 3.05) is 13.2 Å². The fraction of sp³-hybridized carbons (Fsp3) is 0.318. The van der Waals surface area contributed by atoms with Gasteiger partial charge in [0, 0.05) is 27.6 Å². The second-order valence-corrected chi connectivity index (χ2v) is 8.79. The molecule has 30 heavy (non-hydrogen) atoms. The van der Waals surface area contributed by atoms with Crippen LogP contribution in [0.4, 0.5) is 0 Å². The molecule has 1 aliphatic carbocycles. The molecule has 0 saturated heterocycles. The van der Waals surface area contributed by atoms with Crippen LogP contribution in [0.25, 0.3) is 10.9 Å². The predicted molar refractivity (Wildman–Crippen MR) is 115 cm³/mol. The minimum absolute atomic E-state index is 0.119. The van der Waals surface area contributed by atoms with Crippen LogP contribution in [0.1, 0.15) is 41.0 Å². The summed E-state index contributed by atoms with van der Waals surface area (Å²) in [7, 11) is 0. The number of rotatable bonds is 5. The lowest BCUT2D eigenvalue weighted by Crippen LogP contribution is -2.34. The molecule has 0 amide bonds. The summed E-state index contributed by atoms with van der Waals surface area (Å²) in [6, 6.07) is 8.53. The summed E-state index contributed by atoms with van der Waals surface area (Å²) in [4.78, 5) is 16.7. The topological polar surface area (TPSA) is 103 Å². The number of carbonyl (C=O) groups excluding carboxylic acids is 1. The number of halogens is 2. The van der Waals surface area contributed by atoms with E-state index in [0.29, 0.717) is 26.9 Å². The van der Waals surface area contributed by atoms with E-state index in [1.165, 1.54) is 0 Å². The number of ketones is 1. The molecule has 4 rings (SSSR count). The average molecular weight is 450 g/mol. The fourth-order valence-electron chi connectivity index (χ4n) is 3.91. The van der Waals surface area contributed by atoms with Gasteiger partial charge in [-0.2, -0.15) is 0 Å². The Labute approximate surface area is 183 Å². The van der Waals surface area contributed by atoms with Gasteiger partial charge in [0.25, 0.3) is 0 Å². The Morgan fingerprint density at radius 3 is 2.50 bits per heavy atom. The monoisotopic (exact) mass is 449 g/mol. The highest BCUT2D eigenvalue weighted by Gasteiger charge is 2.40. The Hall–Kier alpha value is -2.09. The Bertz CT molecular complexity index is 1150. The minimum Gasteiger partial charge on any atom is -0.491 e. The molecule has 1 aliphatic rings. The smallest absolute Gasteiger partial charge is 0.195 e. The van der Waals surface area contributed by atoms with Crippen LogP contribution in [0.3, 0.4) is 0 Å². The molecule has 0 aliphatic heterocycles. The number of aliphatic hydroxyl groups excluding tert-OH is 3. The van der Waals surface area contributed by atoms with Gasteiger partial charge in [-0.15, -0.1) is 0 Å². The number of nitrogens with one attached hydrogen (secondary N) is 1. The Balaban J connectivity index is 1.76. The summed E-state index contributed by atoms with van der Waals surface area (Å²) in [5.74, 6) is 0.329.